The summed E-state index contributed by atoms with van der Waals surface area (Å²) in [6, 6.07) is 0. The summed E-state index contributed by atoms with van der Waals surface area (Å²) in [6.07, 6.45) is 10.3. The van der Waals surface area contributed by atoms with Gasteiger partial charge in [-0.1, -0.05) is 46.5 Å². The van der Waals surface area contributed by atoms with Gasteiger partial charge < -0.3 is 10.1 Å². The number of hydrogen-bond donors (Lipinski definition) is 1. The van der Waals surface area contributed by atoms with Gasteiger partial charge in [-0.05, 0) is 25.7 Å². The highest BCUT2D eigenvalue weighted by atomic mass is 16.5. The van der Waals surface area contributed by atoms with Crippen molar-refractivity contribution in [3.05, 3.63) is 0 Å². The normalized spacial score (nSPS) is 11.0. The molecule has 0 bridgehead atoms. The average Bonchev–Trinajstić information content (AvgIpc) is 2.54. The van der Waals surface area contributed by atoms with E-state index in [-0.39, 0.29) is 11.8 Å². The number of nitrogens with one attached hydrogen (secondary N) is 1. The molecule has 0 aromatic rings. The summed E-state index contributed by atoms with van der Waals surface area (Å²) >= 11 is 0. The lowest BCUT2D eigenvalue weighted by Crippen LogP contribution is -2.28. The predicted molar refractivity (Wildman–Crippen MR) is 95.5 cm³/mol. The van der Waals surface area contributed by atoms with Crippen LogP contribution in [0.4, 0.5) is 0 Å². The zero-order chi connectivity index (χ0) is 17.3. The summed E-state index contributed by atoms with van der Waals surface area (Å²) in [6.45, 7) is 8.22. The molecule has 23 heavy (non-hydrogen) atoms. The Labute approximate surface area is 142 Å². The summed E-state index contributed by atoms with van der Waals surface area (Å²) in [5.74, 6) is 0.603. The SMILES string of the molecule is CCC(=O)CCCCCOCCCCCCCNC(=O)C(C)C. The van der Waals surface area contributed by atoms with Crippen molar-refractivity contribution >= 4 is 11.7 Å². The van der Waals surface area contributed by atoms with E-state index >= 15 is 0 Å². The van der Waals surface area contributed by atoms with E-state index in [1.807, 2.05) is 20.8 Å². The molecule has 0 aromatic carbocycles. The van der Waals surface area contributed by atoms with Gasteiger partial charge in [-0.2, -0.15) is 0 Å². The van der Waals surface area contributed by atoms with E-state index in [9.17, 15) is 9.59 Å². The highest BCUT2D eigenvalue weighted by Gasteiger charge is 2.04. The van der Waals surface area contributed by atoms with Crippen molar-refractivity contribution in [1.82, 2.24) is 5.32 Å². The van der Waals surface area contributed by atoms with Crippen LogP contribution >= 0.6 is 0 Å². The van der Waals surface area contributed by atoms with Gasteiger partial charge in [0, 0.05) is 38.5 Å². The fourth-order valence-corrected chi connectivity index (χ4v) is 2.26. The monoisotopic (exact) mass is 327 g/mol. The van der Waals surface area contributed by atoms with Crippen LogP contribution in [0.5, 0.6) is 0 Å². The van der Waals surface area contributed by atoms with Crippen molar-refractivity contribution in [1.29, 1.82) is 0 Å². The van der Waals surface area contributed by atoms with Crippen molar-refractivity contribution in [2.45, 2.75) is 85.0 Å². The molecule has 0 rings (SSSR count). The number of unbranched alkanes of at least 4 members (excludes halogenated alkanes) is 6. The Bertz CT molecular complexity index is 303. The number of carbonyl (C=O) groups is 2. The molecule has 0 aliphatic heterocycles. The van der Waals surface area contributed by atoms with Crippen LogP contribution in [0.3, 0.4) is 0 Å². The van der Waals surface area contributed by atoms with Gasteiger partial charge in [0.05, 0.1) is 0 Å². The number of rotatable bonds is 16. The third kappa shape index (κ3) is 15.8. The molecule has 0 heterocycles. The second-order valence-electron chi connectivity index (χ2n) is 6.53. The molecule has 0 radical (unpaired) electrons. The van der Waals surface area contributed by atoms with Gasteiger partial charge >= 0.3 is 0 Å². The van der Waals surface area contributed by atoms with Crippen LogP contribution in [-0.2, 0) is 14.3 Å². The summed E-state index contributed by atoms with van der Waals surface area (Å²) in [5, 5.41) is 2.94. The molecule has 136 valence electrons. The Morgan fingerprint density at radius 3 is 2.04 bits per heavy atom. The van der Waals surface area contributed by atoms with Crippen molar-refractivity contribution in [3.63, 3.8) is 0 Å². The smallest absolute Gasteiger partial charge is 0.222 e. The molecule has 1 N–H and O–H groups in total. The van der Waals surface area contributed by atoms with Gasteiger partial charge in [0.2, 0.25) is 5.91 Å². The lowest BCUT2D eigenvalue weighted by atomic mass is 10.1. The second-order valence-corrected chi connectivity index (χ2v) is 6.53. The minimum atomic E-state index is 0.0827. The molecule has 0 fully saturated rings. The molecule has 0 aliphatic rings. The van der Waals surface area contributed by atoms with Crippen molar-refractivity contribution in [2.75, 3.05) is 19.8 Å². The van der Waals surface area contributed by atoms with Gasteiger partial charge in [0.1, 0.15) is 5.78 Å². The summed E-state index contributed by atoms with van der Waals surface area (Å²) in [7, 11) is 0. The molecule has 0 saturated carbocycles. The number of ether oxygens (including phenoxy) is 1. The van der Waals surface area contributed by atoms with Crippen LogP contribution in [0.25, 0.3) is 0 Å². The van der Waals surface area contributed by atoms with E-state index in [1.54, 1.807) is 0 Å². The minimum Gasteiger partial charge on any atom is -0.381 e. The van der Waals surface area contributed by atoms with Crippen LogP contribution < -0.4 is 5.32 Å². The summed E-state index contributed by atoms with van der Waals surface area (Å²) in [5.41, 5.74) is 0. The second kappa shape index (κ2) is 16.0. The lowest BCUT2D eigenvalue weighted by Gasteiger charge is -2.07. The van der Waals surface area contributed by atoms with Gasteiger partial charge in [-0.15, -0.1) is 0 Å². The maximum absolute atomic E-state index is 11.3. The first kappa shape index (κ1) is 22.1. The first-order valence-corrected chi connectivity index (χ1v) is 9.45. The third-order valence-corrected chi connectivity index (χ3v) is 3.93. The summed E-state index contributed by atoms with van der Waals surface area (Å²) < 4.78 is 5.61. The van der Waals surface area contributed by atoms with Crippen molar-refractivity contribution in [3.8, 4) is 0 Å². The molecule has 0 unspecified atom stereocenters. The zero-order valence-corrected chi connectivity index (χ0v) is 15.5. The van der Waals surface area contributed by atoms with Crippen molar-refractivity contribution in [2.24, 2.45) is 5.92 Å². The number of ketones is 1. The maximum atomic E-state index is 11.3. The molecule has 0 atom stereocenters. The van der Waals surface area contributed by atoms with Gasteiger partial charge in [-0.25, -0.2) is 0 Å². The molecule has 0 aromatic heterocycles. The number of carbonyl (C=O) groups excluding carboxylic acids is 2. The van der Waals surface area contributed by atoms with Crippen molar-refractivity contribution < 1.29 is 14.3 Å². The lowest BCUT2D eigenvalue weighted by molar-refractivity contribution is -0.124. The van der Waals surface area contributed by atoms with Gasteiger partial charge in [-0.3, -0.25) is 9.59 Å². The van der Waals surface area contributed by atoms with Crippen LogP contribution in [-0.4, -0.2) is 31.4 Å². The van der Waals surface area contributed by atoms with Crippen LogP contribution in [0, 0.1) is 5.92 Å². The molecule has 4 heteroatoms. The number of amides is 1. The largest absolute Gasteiger partial charge is 0.381 e. The standard InChI is InChI=1S/C19H37NO3/c1-4-18(21)13-9-8-12-16-23-15-11-7-5-6-10-14-20-19(22)17(2)3/h17H,4-16H2,1-3H3,(H,20,22). The number of hydrogen-bond acceptors (Lipinski definition) is 3. The molecule has 0 aliphatic carbocycles. The number of Topliss-reactive ketones (excluding diaryl/α,β-unsaturated/α-hetero) is 1. The van der Waals surface area contributed by atoms with E-state index in [4.69, 9.17) is 4.74 Å². The fourth-order valence-electron chi connectivity index (χ4n) is 2.26. The Balaban J connectivity index is 3.11. The maximum Gasteiger partial charge on any atom is 0.222 e. The third-order valence-electron chi connectivity index (χ3n) is 3.93. The van der Waals surface area contributed by atoms with E-state index in [2.05, 4.69) is 5.32 Å². The Kier molecular flexibility index (Phi) is 15.4. The van der Waals surface area contributed by atoms with Gasteiger partial charge in [0.25, 0.3) is 0 Å². The fraction of sp³-hybridized carbons (Fsp3) is 0.895. The highest BCUT2D eigenvalue weighted by molar-refractivity contribution is 5.78. The minimum absolute atomic E-state index is 0.0827. The molecule has 1 amide bonds. The Hall–Kier alpha value is -0.900. The first-order chi connectivity index (χ1) is 11.1. The molecular weight excluding hydrogens is 290 g/mol. The zero-order valence-electron chi connectivity index (χ0n) is 15.5. The molecule has 0 saturated heterocycles. The van der Waals surface area contributed by atoms with E-state index in [0.29, 0.717) is 12.2 Å². The molecule has 4 nitrogen and oxygen atoms in total. The van der Waals surface area contributed by atoms with E-state index in [1.165, 1.54) is 19.3 Å². The first-order valence-electron chi connectivity index (χ1n) is 9.45. The van der Waals surface area contributed by atoms with Crippen LogP contribution in [0.2, 0.25) is 0 Å². The quantitative estimate of drug-likeness (QED) is 0.431. The van der Waals surface area contributed by atoms with E-state index in [0.717, 1.165) is 58.3 Å². The predicted octanol–water partition coefficient (Wildman–Crippen LogP) is 4.27. The average molecular weight is 328 g/mol. The Morgan fingerprint density at radius 1 is 0.870 bits per heavy atom. The van der Waals surface area contributed by atoms with Crippen LogP contribution in [0.1, 0.15) is 85.0 Å². The highest BCUT2D eigenvalue weighted by Crippen LogP contribution is 2.05. The van der Waals surface area contributed by atoms with Crippen LogP contribution in [0.15, 0.2) is 0 Å². The van der Waals surface area contributed by atoms with Gasteiger partial charge in [0.15, 0.2) is 0 Å². The summed E-state index contributed by atoms with van der Waals surface area (Å²) in [4.78, 5) is 22.5. The topological polar surface area (TPSA) is 55.4 Å². The Morgan fingerprint density at radius 2 is 1.43 bits per heavy atom. The van der Waals surface area contributed by atoms with E-state index < -0.39 is 0 Å². The molecular formula is C19H37NO3. The molecule has 0 spiro atoms.